The Hall–Kier alpha value is -1.00. The van der Waals surface area contributed by atoms with E-state index in [1.165, 1.54) is 12.1 Å². The maximum Gasteiger partial charge on any atom is 0.130 e. The van der Waals surface area contributed by atoms with E-state index in [1.54, 1.807) is 0 Å². The van der Waals surface area contributed by atoms with Crippen molar-refractivity contribution in [3.05, 3.63) is 35.4 Å². The van der Waals surface area contributed by atoms with Gasteiger partial charge in [0, 0.05) is 43.3 Å². The Labute approximate surface area is 107 Å². The molecule has 0 radical (unpaired) electrons. The van der Waals surface area contributed by atoms with E-state index in [0.717, 1.165) is 25.6 Å². The zero-order chi connectivity index (χ0) is 13.1. The number of halogens is 2. The maximum atomic E-state index is 13.5. The number of nitrogens with one attached hydrogen (secondary N) is 1. The van der Waals surface area contributed by atoms with Crippen molar-refractivity contribution in [2.75, 3.05) is 13.1 Å². The average Bonchev–Trinajstić information content (AvgIpc) is 2.69. The molecule has 1 unspecified atom stereocenters. The molecule has 1 aromatic carbocycles. The highest BCUT2D eigenvalue weighted by Crippen LogP contribution is 2.16. The summed E-state index contributed by atoms with van der Waals surface area (Å²) in [5, 5.41) is 3.49. The van der Waals surface area contributed by atoms with Crippen molar-refractivity contribution < 1.29 is 8.78 Å². The lowest BCUT2D eigenvalue weighted by atomic mass is 10.2. The Morgan fingerprint density at radius 1 is 1.39 bits per heavy atom. The molecule has 1 aliphatic heterocycles. The van der Waals surface area contributed by atoms with Crippen molar-refractivity contribution >= 4 is 0 Å². The van der Waals surface area contributed by atoms with Crippen molar-refractivity contribution in [3.8, 4) is 0 Å². The van der Waals surface area contributed by atoms with Crippen LogP contribution in [0.15, 0.2) is 18.2 Å². The summed E-state index contributed by atoms with van der Waals surface area (Å²) in [5.74, 6) is -0.965. The summed E-state index contributed by atoms with van der Waals surface area (Å²) < 4.78 is 26.3. The van der Waals surface area contributed by atoms with Crippen molar-refractivity contribution in [3.63, 3.8) is 0 Å². The molecule has 0 spiro atoms. The topological polar surface area (TPSA) is 15.3 Å². The molecule has 2 rings (SSSR count). The Bertz CT molecular complexity index is 407. The molecule has 18 heavy (non-hydrogen) atoms. The van der Waals surface area contributed by atoms with Crippen LogP contribution in [0.25, 0.3) is 0 Å². The summed E-state index contributed by atoms with van der Waals surface area (Å²) in [5.41, 5.74) is 0.571. The van der Waals surface area contributed by atoms with Crippen LogP contribution in [0.5, 0.6) is 0 Å². The molecule has 2 nitrogen and oxygen atoms in total. The van der Waals surface area contributed by atoms with Crippen LogP contribution in [0, 0.1) is 11.6 Å². The maximum absolute atomic E-state index is 13.5. The molecule has 1 heterocycles. The van der Waals surface area contributed by atoms with Gasteiger partial charge in [-0.25, -0.2) is 8.78 Å². The van der Waals surface area contributed by atoms with Crippen LogP contribution in [0.1, 0.15) is 25.8 Å². The van der Waals surface area contributed by atoms with Gasteiger partial charge in [0.1, 0.15) is 11.6 Å². The van der Waals surface area contributed by atoms with Gasteiger partial charge in [0.2, 0.25) is 0 Å². The minimum absolute atomic E-state index is 0.449. The second-order valence-corrected chi connectivity index (χ2v) is 5.28. The number of hydrogen-bond acceptors (Lipinski definition) is 2. The van der Waals surface area contributed by atoms with E-state index < -0.39 is 11.6 Å². The summed E-state index contributed by atoms with van der Waals surface area (Å²) in [6.45, 7) is 6.70. The Kier molecular flexibility index (Phi) is 4.30. The first-order valence-corrected chi connectivity index (χ1v) is 6.47. The Balaban J connectivity index is 1.91. The molecule has 0 aliphatic carbocycles. The van der Waals surface area contributed by atoms with Gasteiger partial charge in [0.15, 0.2) is 0 Å². The van der Waals surface area contributed by atoms with E-state index in [4.69, 9.17) is 0 Å². The van der Waals surface area contributed by atoms with Gasteiger partial charge in [0.05, 0.1) is 0 Å². The molecule has 1 N–H and O–H groups in total. The molecule has 100 valence electrons. The van der Waals surface area contributed by atoms with Crippen molar-refractivity contribution in [2.45, 2.75) is 38.9 Å². The summed E-state index contributed by atoms with van der Waals surface area (Å²) in [6, 6.07) is 4.76. The summed E-state index contributed by atoms with van der Waals surface area (Å²) >= 11 is 0. The first-order valence-electron chi connectivity index (χ1n) is 6.47. The van der Waals surface area contributed by atoms with Crippen LogP contribution in [0.3, 0.4) is 0 Å². The van der Waals surface area contributed by atoms with E-state index in [2.05, 4.69) is 24.1 Å². The van der Waals surface area contributed by atoms with Gasteiger partial charge in [-0.1, -0.05) is 19.9 Å². The predicted molar refractivity (Wildman–Crippen MR) is 68.3 cm³/mol. The number of likely N-dealkylation sites (tertiary alicyclic amines) is 1. The van der Waals surface area contributed by atoms with Crippen LogP contribution in [0.4, 0.5) is 8.78 Å². The number of hydrogen-bond donors (Lipinski definition) is 1. The molecular formula is C14H20F2N2. The second-order valence-electron chi connectivity index (χ2n) is 5.28. The monoisotopic (exact) mass is 254 g/mol. The Morgan fingerprint density at radius 3 is 2.83 bits per heavy atom. The van der Waals surface area contributed by atoms with Gasteiger partial charge in [-0.2, -0.15) is 0 Å². The van der Waals surface area contributed by atoms with Gasteiger partial charge >= 0.3 is 0 Å². The van der Waals surface area contributed by atoms with Crippen molar-refractivity contribution in [1.82, 2.24) is 10.2 Å². The van der Waals surface area contributed by atoms with Gasteiger partial charge in [-0.05, 0) is 12.5 Å². The van der Waals surface area contributed by atoms with Crippen LogP contribution in [-0.2, 0) is 6.54 Å². The minimum Gasteiger partial charge on any atom is -0.310 e. The second kappa shape index (κ2) is 5.76. The van der Waals surface area contributed by atoms with Gasteiger partial charge in [0.25, 0.3) is 0 Å². The first-order chi connectivity index (χ1) is 8.54. The standard InChI is InChI=1S/C14H20F2N2/c1-10(2)17-13-5-6-18(9-13)8-11-3-4-12(15)7-14(11)16/h3-4,7,10,13,17H,5-6,8-9H2,1-2H3. The summed E-state index contributed by atoms with van der Waals surface area (Å²) in [7, 11) is 0. The highest BCUT2D eigenvalue weighted by atomic mass is 19.1. The number of nitrogens with zero attached hydrogens (tertiary/aromatic N) is 1. The van der Waals surface area contributed by atoms with Gasteiger partial charge in [-0.15, -0.1) is 0 Å². The molecular weight excluding hydrogens is 234 g/mol. The fraction of sp³-hybridized carbons (Fsp3) is 0.571. The molecule has 0 saturated carbocycles. The largest absolute Gasteiger partial charge is 0.310 e. The van der Waals surface area contributed by atoms with Crippen LogP contribution < -0.4 is 5.32 Å². The highest BCUT2D eigenvalue weighted by molar-refractivity contribution is 5.18. The van der Waals surface area contributed by atoms with E-state index in [0.29, 0.717) is 24.2 Å². The normalized spacial score (nSPS) is 20.8. The molecule has 1 aliphatic rings. The lowest BCUT2D eigenvalue weighted by Crippen LogP contribution is -2.36. The molecule has 1 fully saturated rings. The third kappa shape index (κ3) is 3.50. The predicted octanol–water partition coefficient (Wildman–Crippen LogP) is 2.54. The average molecular weight is 254 g/mol. The molecule has 0 aromatic heterocycles. The summed E-state index contributed by atoms with van der Waals surface area (Å²) in [4.78, 5) is 2.20. The van der Waals surface area contributed by atoms with E-state index >= 15 is 0 Å². The van der Waals surface area contributed by atoms with Crippen LogP contribution in [0.2, 0.25) is 0 Å². The number of benzene rings is 1. The molecule has 1 atom stereocenters. The van der Waals surface area contributed by atoms with Crippen LogP contribution >= 0.6 is 0 Å². The molecule has 4 heteroatoms. The van der Waals surface area contributed by atoms with Gasteiger partial charge < -0.3 is 5.32 Å². The highest BCUT2D eigenvalue weighted by Gasteiger charge is 2.23. The molecule has 1 saturated heterocycles. The Morgan fingerprint density at radius 2 is 2.17 bits per heavy atom. The first kappa shape index (κ1) is 13.4. The third-order valence-corrected chi connectivity index (χ3v) is 3.25. The lowest BCUT2D eigenvalue weighted by Gasteiger charge is -2.18. The van der Waals surface area contributed by atoms with E-state index in [1.807, 2.05) is 0 Å². The zero-order valence-corrected chi connectivity index (χ0v) is 10.9. The summed E-state index contributed by atoms with van der Waals surface area (Å²) in [6.07, 6.45) is 1.08. The lowest BCUT2D eigenvalue weighted by molar-refractivity contribution is 0.311. The van der Waals surface area contributed by atoms with Crippen LogP contribution in [-0.4, -0.2) is 30.1 Å². The van der Waals surface area contributed by atoms with Crippen molar-refractivity contribution in [1.29, 1.82) is 0 Å². The fourth-order valence-electron chi connectivity index (χ4n) is 2.47. The van der Waals surface area contributed by atoms with Gasteiger partial charge in [-0.3, -0.25) is 4.90 Å². The zero-order valence-electron chi connectivity index (χ0n) is 10.9. The fourth-order valence-corrected chi connectivity index (χ4v) is 2.47. The van der Waals surface area contributed by atoms with E-state index in [9.17, 15) is 8.78 Å². The quantitative estimate of drug-likeness (QED) is 0.888. The third-order valence-electron chi connectivity index (χ3n) is 3.25. The smallest absolute Gasteiger partial charge is 0.130 e. The molecule has 0 amide bonds. The number of rotatable bonds is 4. The van der Waals surface area contributed by atoms with Crippen molar-refractivity contribution in [2.24, 2.45) is 0 Å². The SMILES string of the molecule is CC(C)NC1CCN(Cc2ccc(F)cc2F)C1. The minimum atomic E-state index is -0.517. The molecule has 1 aromatic rings. The van der Waals surface area contributed by atoms with E-state index in [-0.39, 0.29) is 0 Å². The molecule has 0 bridgehead atoms.